The molecule has 0 heterocycles. The molecule has 0 aliphatic heterocycles. The zero-order valence-corrected chi connectivity index (χ0v) is 10.4. The van der Waals surface area contributed by atoms with E-state index < -0.39 is 5.97 Å². The molecule has 1 rings (SSSR count). The minimum absolute atomic E-state index is 0.345. The molecule has 0 radical (unpaired) electrons. The molecule has 0 amide bonds. The first-order valence-corrected chi connectivity index (χ1v) is 5.72. The average molecular weight is 287 g/mol. The number of aliphatic carboxylic acids is 1. The van der Waals surface area contributed by atoms with E-state index in [0.29, 0.717) is 16.5 Å². The van der Waals surface area contributed by atoms with Crippen molar-refractivity contribution in [2.45, 2.75) is 19.8 Å². The maximum atomic E-state index is 13.0. The van der Waals surface area contributed by atoms with Crippen LogP contribution in [0.1, 0.15) is 25.3 Å². The maximum absolute atomic E-state index is 13.0. The second-order valence-electron chi connectivity index (χ2n) is 3.39. The zero-order valence-electron chi connectivity index (χ0n) is 8.84. The molecule has 86 valence electrons. The number of hydrogen-bond acceptors (Lipinski definition) is 1. The summed E-state index contributed by atoms with van der Waals surface area (Å²) in [5, 5.41) is 8.73. The third-order valence-electron chi connectivity index (χ3n) is 2.11. The van der Waals surface area contributed by atoms with Crippen LogP contribution in [-0.4, -0.2) is 11.1 Å². The molecule has 0 atom stereocenters. The van der Waals surface area contributed by atoms with E-state index in [1.165, 1.54) is 12.1 Å². The molecule has 0 aliphatic carbocycles. The lowest BCUT2D eigenvalue weighted by Gasteiger charge is -2.06. The van der Waals surface area contributed by atoms with Gasteiger partial charge in [0.1, 0.15) is 5.82 Å². The van der Waals surface area contributed by atoms with Gasteiger partial charge in [-0.05, 0) is 45.6 Å². The van der Waals surface area contributed by atoms with E-state index in [2.05, 4.69) is 15.9 Å². The molecule has 1 aromatic rings. The van der Waals surface area contributed by atoms with Gasteiger partial charge in [-0.1, -0.05) is 19.4 Å². The summed E-state index contributed by atoms with van der Waals surface area (Å²) in [5.41, 5.74) is 1.44. The van der Waals surface area contributed by atoms with Gasteiger partial charge in [-0.25, -0.2) is 9.18 Å². The van der Waals surface area contributed by atoms with E-state index in [-0.39, 0.29) is 5.82 Å². The molecule has 1 aromatic carbocycles. The number of carbonyl (C=O) groups is 1. The molecule has 16 heavy (non-hydrogen) atoms. The van der Waals surface area contributed by atoms with E-state index in [1.807, 2.05) is 6.92 Å². The lowest BCUT2D eigenvalue weighted by atomic mass is 10.0. The van der Waals surface area contributed by atoms with Crippen molar-refractivity contribution in [3.63, 3.8) is 0 Å². The molecule has 0 unspecified atom stereocenters. The Balaban J connectivity index is 3.11. The van der Waals surface area contributed by atoms with Gasteiger partial charge in [0.25, 0.3) is 0 Å². The minimum atomic E-state index is -0.983. The third-order valence-corrected chi connectivity index (χ3v) is 2.72. The van der Waals surface area contributed by atoms with Crippen molar-refractivity contribution in [3.8, 4) is 0 Å². The average Bonchev–Trinajstić information content (AvgIpc) is 2.21. The normalized spacial score (nSPS) is 11.6. The second-order valence-corrected chi connectivity index (χ2v) is 4.24. The van der Waals surface area contributed by atoms with Crippen LogP contribution in [0.25, 0.3) is 5.57 Å². The summed E-state index contributed by atoms with van der Waals surface area (Å²) in [6.45, 7) is 1.97. The first kappa shape index (κ1) is 12.9. The van der Waals surface area contributed by atoms with E-state index in [0.717, 1.165) is 12.0 Å². The van der Waals surface area contributed by atoms with Crippen LogP contribution in [0.3, 0.4) is 0 Å². The van der Waals surface area contributed by atoms with Crippen molar-refractivity contribution in [1.82, 2.24) is 0 Å². The first-order valence-electron chi connectivity index (χ1n) is 4.93. The van der Waals surface area contributed by atoms with Crippen LogP contribution >= 0.6 is 15.9 Å². The van der Waals surface area contributed by atoms with Crippen molar-refractivity contribution in [2.24, 2.45) is 0 Å². The summed E-state index contributed by atoms with van der Waals surface area (Å²) in [6.07, 6.45) is 2.67. The number of allylic oxidation sites excluding steroid dienone is 1. The third kappa shape index (κ3) is 3.45. The van der Waals surface area contributed by atoms with Crippen molar-refractivity contribution in [2.75, 3.05) is 0 Å². The number of hydrogen-bond donors (Lipinski definition) is 1. The Morgan fingerprint density at radius 3 is 2.75 bits per heavy atom. The Kier molecular flexibility index (Phi) is 4.68. The minimum Gasteiger partial charge on any atom is -0.478 e. The highest BCUT2D eigenvalue weighted by atomic mass is 79.9. The molecule has 0 saturated heterocycles. The zero-order chi connectivity index (χ0) is 12.1. The number of carboxylic acids is 1. The molecule has 1 N–H and O–H groups in total. The Bertz CT molecular complexity index is 427. The van der Waals surface area contributed by atoms with Crippen LogP contribution in [0.4, 0.5) is 4.39 Å². The van der Waals surface area contributed by atoms with Gasteiger partial charge in [0, 0.05) is 6.08 Å². The summed E-state index contributed by atoms with van der Waals surface area (Å²) in [4.78, 5) is 10.6. The fourth-order valence-corrected chi connectivity index (χ4v) is 1.79. The van der Waals surface area contributed by atoms with Crippen LogP contribution in [0.2, 0.25) is 0 Å². The quantitative estimate of drug-likeness (QED) is 0.854. The molecule has 0 aliphatic rings. The molecule has 2 nitrogen and oxygen atoms in total. The van der Waals surface area contributed by atoms with Crippen molar-refractivity contribution < 1.29 is 14.3 Å². The predicted octanol–water partition coefficient (Wildman–Crippen LogP) is 3.86. The largest absolute Gasteiger partial charge is 0.478 e. The van der Waals surface area contributed by atoms with Crippen LogP contribution in [-0.2, 0) is 4.79 Å². The SMILES string of the molecule is CCCC(=CC(=O)O)c1ccc(F)c(Br)c1. The predicted molar refractivity (Wildman–Crippen MR) is 64.6 cm³/mol. The summed E-state index contributed by atoms with van der Waals surface area (Å²) >= 11 is 3.08. The van der Waals surface area contributed by atoms with Gasteiger partial charge in [0.2, 0.25) is 0 Å². The van der Waals surface area contributed by atoms with E-state index in [4.69, 9.17) is 5.11 Å². The van der Waals surface area contributed by atoms with Gasteiger partial charge in [0.05, 0.1) is 4.47 Å². The fraction of sp³-hybridized carbons (Fsp3) is 0.250. The highest BCUT2D eigenvalue weighted by Crippen LogP contribution is 2.24. The summed E-state index contributed by atoms with van der Waals surface area (Å²) in [6, 6.07) is 4.51. The Morgan fingerprint density at radius 1 is 1.56 bits per heavy atom. The maximum Gasteiger partial charge on any atom is 0.328 e. The van der Waals surface area contributed by atoms with Gasteiger partial charge in [-0.3, -0.25) is 0 Å². The van der Waals surface area contributed by atoms with Gasteiger partial charge < -0.3 is 5.11 Å². The molecule has 0 fully saturated rings. The number of carboxylic acid groups (broad SMARTS) is 1. The van der Waals surface area contributed by atoms with Crippen molar-refractivity contribution in [1.29, 1.82) is 0 Å². The smallest absolute Gasteiger partial charge is 0.328 e. The fourth-order valence-electron chi connectivity index (χ4n) is 1.41. The van der Waals surface area contributed by atoms with E-state index in [1.54, 1.807) is 12.1 Å². The number of benzene rings is 1. The Hall–Kier alpha value is -1.16. The molecule has 0 spiro atoms. The topological polar surface area (TPSA) is 37.3 Å². The van der Waals surface area contributed by atoms with E-state index >= 15 is 0 Å². The summed E-state index contributed by atoms with van der Waals surface area (Å²) in [7, 11) is 0. The molecule has 0 aromatic heterocycles. The van der Waals surface area contributed by atoms with Gasteiger partial charge >= 0.3 is 5.97 Å². The summed E-state index contributed by atoms with van der Waals surface area (Å²) < 4.78 is 13.4. The second kappa shape index (κ2) is 5.80. The Morgan fingerprint density at radius 2 is 2.25 bits per heavy atom. The van der Waals surface area contributed by atoms with Crippen molar-refractivity contribution >= 4 is 27.5 Å². The monoisotopic (exact) mass is 286 g/mol. The van der Waals surface area contributed by atoms with Gasteiger partial charge in [0.15, 0.2) is 0 Å². The molecular weight excluding hydrogens is 275 g/mol. The van der Waals surface area contributed by atoms with Crippen LogP contribution < -0.4 is 0 Å². The molecule has 0 bridgehead atoms. The molecule has 0 saturated carbocycles. The van der Waals surface area contributed by atoms with Crippen LogP contribution in [0.5, 0.6) is 0 Å². The lowest BCUT2D eigenvalue weighted by Crippen LogP contribution is -1.93. The lowest BCUT2D eigenvalue weighted by molar-refractivity contribution is -0.131. The standard InChI is InChI=1S/C12H12BrFO2/c1-2-3-8(7-12(15)16)9-4-5-11(14)10(13)6-9/h4-7H,2-3H2,1H3,(H,15,16). The molecular formula is C12H12BrFO2. The van der Waals surface area contributed by atoms with E-state index in [9.17, 15) is 9.18 Å². The van der Waals surface area contributed by atoms with Crippen LogP contribution in [0, 0.1) is 5.82 Å². The highest BCUT2D eigenvalue weighted by molar-refractivity contribution is 9.10. The number of halogens is 2. The highest BCUT2D eigenvalue weighted by Gasteiger charge is 2.06. The van der Waals surface area contributed by atoms with Gasteiger partial charge in [-0.15, -0.1) is 0 Å². The number of rotatable bonds is 4. The van der Waals surface area contributed by atoms with Crippen molar-refractivity contribution in [3.05, 3.63) is 40.1 Å². The first-order chi connectivity index (χ1) is 7.54. The van der Waals surface area contributed by atoms with Crippen LogP contribution in [0.15, 0.2) is 28.7 Å². The Labute approximate surface area is 102 Å². The molecule has 4 heteroatoms. The summed E-state index contributed by atoms with van der Waals surface area (Å²) in [5.74, 6) is -1.33. The van der Waals surface area contributed by atoms with Gasteiger partial charge in [-0.2, -0.15) is 0 Å².